The number of hydrogen-bond donors (Lipinski definition) is 1. The van der Waals surface area contributed by atoms with Crippen molar-refractivity contribution in [3.8, 4) is 17.1 Å². The second kappa shape index (κ2) is 10.5. The van der Waals surface area contributed by atoms with Crippen LogP contribution in [0.4, 0.5) is 11.4 Å². The predicted octanol–water partition coefficient (Wildman–Crippen LogP) is 3.77. The zero-order valence-corrected chi connectivity index (χ0v) is 18.8. The number of aromatic nitrogens is 3. The Balaban J connectivity index is 1.47. The third kappa shape index (κ3) is 5.68. The largest absolute Gasteiger partial charge is 0.497 e. The van der Waals surface area contributed by atoms with E-state index in [9.17, 15) is 14.9 Å². The average Bonchev–Trinajstić information content (AvgIpc) is 3.48. The maximum Gasteiger partial charge on any atom is 0.269 e. The number of rotatable bonds is 9. The second-order valence-corrected chi connectivity index (χ2v) is 8.36. The summed E-state index contributed by atoms with van der Waals surface area (Å²) in [4.78, 5) is 22.7. The second-order valence-electron chi connectivity index (χ2n) is 7.42. The lowest BCUT2D eigenvalue weighted by Crippen LogP contribution is -2.18. The number of nitro benzene ring substituents is 1. The van der Waals surface area contributed by atoms with Crippen LogP contribution in [0.3, 0.4) is 0 Å². The molecule has 1 amide bonds. The van der Waals surface area contributed by atoms with E-state index in [4.69, 9.17) is 9.47 Å². The topological polar surface area (TPSA) is 121 Å². The highest BCUT2D eigenvalue weighted by atomic mass is 32.2. The third-order valence-corrected chi connectivity index (χ3v) is 6.14. The Hall–Kier alpha value is -3.44. The minimum absolute atomic E-state index is 0.0318. The van der Waals surface area contributed by atoms with E-state index in [1.165, 1.54) is 36.0 Å². The highest BCUT2D eigenvalue weighted by Crippen LogP contribution is 2.28. The van der Waals surface area contributed by atoms with Gasteiger partial charge in [-0.25, -0.2) is 0 Å². The lowest BCUT2D eigenvalue weighted by Gasteiger charge is -2.15. The van der Waals surface area contributed by atoms with E-state index >= 15 is 0 Å². The summed E-state index contributed by atoms with van der Waals surface area (Å²) in [5.74, 6) is 1.32. The first kappa shape index (κ1) is 22.7. The zero-order valence-electron chi connectivity index (χ0n) is 18.0. The Bertz CT molecular complexity index is 1110. The first-order chi connectivity index (χ1) is 16.0. The Kier molecular flexibility index (Phi) is 7.20. The Morgan fingerprint density at radius 1 is 1.24 bits per heavy atom. The van der Waals surface area contributed by atoms with Gasteiger partial charge in [-0.1, -0.05) is 11.8 Å². The lowest BCUT2D eigenvalue weighted by atomic mass is 10.2. The van der Waals surface area contributed by atoms with E-state index in [1.807, 2.05) is 28.8 Å². The van der Waals surface area contributed by atoms with Gasteiger partial charge in [0.2, 0.25) is 5.91 Å². The molecule has 1 unspecified atom stereocenters. The van der Waals surface area contributed by atoms with Crippen LogP contribution in [0.2, 0.25) is 0 Å². The molecule has 1 aliphatic heterocycles. The van der Waals surface area contributed by atoms with Crippen LogP contribution in [-0.4, -0.2) is 51.2 Å². The molecular weight excluding hydrogens is 446 g/mol. The van der Waals surface area contributed by atoms with Gasteiger partial charge in [0.05, 0.1) is 30.4 Å². The Labute approximate surface area is 194 Å². The summed E-state index contributed by atoms with van der Waals surface area (Å²) < 4.78 is 13.0. The molecular formula is C22H23N5O5S. The molecule has 1 N–H and O–H groups in total. The molecule has 1 atom stereocenters. The molecule has 10 nitrogen and oxygen atoms in total. The third-order valence-electron chi connectivity index (χ3n) is 5.17. The molecule has 0 bridgehead atoms. The maximum absolute atomic E-state index is 12.4. The molecule has 0 spiro atoms. The molecule has 0 radical (unpaired) electrons. The number of amides is 1. The number of nitrogens with one attached hydrogen (secondary N) is 1. The van der Waals surface area contributed by atoms with Crippen molar-refractivity contribution in [2.45, 2.75) is 30.6 Å². The van der Waals surface area contributed by atoms with Crippen molar-refractivity contribution in [3.05, 3.63) is 58.6 Å². The normalized spacial score (nSPS) is 15.4. The van der Waals surface area contributed by atoms with Crippen molar-refractivity contribution in [2.75, 3.05) is 24.8 Å². The molecule has 2 heterocycles. The van der Waals surface area contributed by atoms with E-state index in [0.717, 1.165) is 30.8 Å². The SMILES string of the molecule is COc1ccc(-c2nnc(SCC(=O)Nc3ccc([N+](=O)[O-])cc3)n2CC2CCCO2)cc1. The summed E-state index contributed by atoms with van der Waals surface area (Å²) in [6.07, 6.45) is 2.06. The van der Waals surface area contributed by atoms with Gasteiger partial charge in [0.1, 0.15) is 5.75 Å². The predicted molar refractivity (Wildman–Crippen MR) is 123 cm³/mol. The number of anilines is 1. The molecule has 33 heavy (non-hydrogen) atoms. The van der Waals surface area contributed by atoms with Crippen molar-refractivity contribution in [2.24, 2.45) is 0 Å². The summed E-state index contributed by atoms with van der Waals surface area (Å²) >= 11 is 1.28. The van der Waals surface area contributed by atoms with Crippen molar-refractivity contribution < 1.29 is 19.2 Å². The van der Waals surface area contributed by atoms with Crippen molar-refractivity contribution in [1.29, 1.82) is 0 Å². The average molecular weight is 470 g/mol. The molecule has 1 fully saturated rings. The fraction of sp³-hybridized carbons (Fsp3) is 0.318. The molecule has 3 aromatic rings. The Morgan fingerprint density at radius 2 is 2.00 bits per heavy atom. The van der Waals surface area contributed by atoms with Crippen LogP contribution in [0.1, 0.15) is 12.8 Å². The van der Waals surface area contributed by atoms with Crippen LogP contribution in [0.5, 0.6) is 5.75 Å². The maximum atomic E-state index is 12.4. The van der Waals surface area contributed by atoms with E-state index < -0.39 is 4.92 Å². The molecule has 0 saturated carbocycles. The van der Waals surface area contributed by atoms with Gasteiger partial charge < -0.3 is 14.8 Å². The number of carbonyl (C=O) groups is 1. The van der Waals surface area contributed by atoms with Crippen molar-refractivity contribution >= 4 is 29.0 Å². The molecule has 1 aromatic heterocycles. The van der Waals surface area contributed by atoms with E-state index in [2.05, 4.69) is 15.5 Å². The number of nitro groups is 1. The van der Waals surface area contributed by atoms with Crippen molar-refractivity contribution in [1.82, 2.24) is 14.8 Å². The number of carbonyl (C=O) groups excluding carboxylic acids is 1. The highest BCUT2D eigenvalue weighted by molar-refractivity contribution is 7.99. The van der Waals surface area contributed by atoms with E-state index in [-0.39, 0.29) is 23.5 Å². The minimum Gasteiger partial charge on any atom is -0.497 e. The number of benzene rings is 2. The summed E-state index contributed by atoms with van der Waals surface area (Å²) in [6, 6.07) is 13.3. The minimum atomic E-state index is -0.483. The number of non-ortho nitro benzene ring substituents is 1. The molecule has 0 aliphatic carbocycles. The molecule has 4 rings (SSSR count). The van der Waals surface area contributed by atoms with Crippen LogP contribution >= 0.6 is 11.8 Å². The summed E-state index contributed by atoms with van der Waals surface area (Å²) in [7, 11) is 1.62. The fourth-order valence-corrected chi connectivity index (χ4v) is 4.25. The fourth-order valence-electron chi connectivity index (χ4n) is 3.50. The van der Waals surface area contributed by atoms with Gasteiger partial charge >= 0.3 is 0 Å². The summed E-state index contributed by atoms with van der Waals surface area (Å²) in [5.41, 5.74) is 1.35. The number of hydrogen-bond acceptors (Lipinski definition) is 8. The zero-order chi connectivity index (χ0) is 23.2. The molecule has 1 saturated heterocycles. The van der Waals surface area contributed by atoms with Gasteiger partial charge in [0.25, 0.3) is 5.69 Å². The number of nitrogens with zero attached hydrogens (tertiary/aromatic N) is 4. The lowest BCUT2D eigenvalue weighted by molar-refractivity contribution is -0.384. The van der Waals surface area contributed by atoms with Gasteiger partial charge in [-0.3, -0.25) is 19.5 Å². The quantitative estimate of drug-likeness (QED) is 0.286. The summed E-state index contributed by atoms with van der Waals surface area (Å²) in [5, 5.41) is 22.8. The Morgan fingerprint density at radius 3 is 2.64 bits per heavy atom. The van der Waals surface area contributed by atoms with Gasteiger partial charge in [-0.15, -0.1) is 10.2 Å². The molecule has 172 valence electrons. The van der Waals surface area contributed by atoms with Gasteiger partial charge in [0.15, 0.2) is 11.0 Å². The van der Waals surface area contributed by atoms with Crippen molar-refractivity contribution in [3.63, 3.8) is 0 Å². The van der Waals surface area contributed by atoms with Crippen LogP contribution in [0, 0.1) is 10.1 Å². The van der Waals surface area contributed by atoms with Gasteiger partial charge in [-0.05, 0) is 49.2 Å². The number of ether oxygens (including phenoxy) is 2. The first-order valence-electron chi connectivity index (χ1n) is 10.4. The summed E-state index contributed by atoms with van der Waals surface area (Å²) in [6.45, 7) is 1.34. The molecule has 11 heteroatoms. The molecule has 1 aliphatic rings. The first-order valence-corrected chi connectivity index (χ1v) is 11.4. The standard InChI is InChI=1S/C22H23N5O5S/c1-31-18-10-4-15(5-11-18)21-24-25-22(26(21)13-19-3-2-12-32-19)33-14-20(28)23-16-6-8-17(9-7-16)27(29)30/h4-11,19H,2-3,12-14H2,1H3,(H,23,28). The van der Waals surface area contributed by atoms with Gasteiger partial charge in [-0.2, -0.15) is 0 Å². The monoisotopic (exact) mass is 469 g/mol. The number of thioether (sulfide) groups is 1. The smallest absolute Gasteiger partial charge is 0.269 e. The van der Waals surface area contributed by atoms with Crippen LogP contribution < -0.4 is 10.1 Å². The van der Waals surface area contributed by atoms with Crippen LogP contribution in [0.25, 0.3) is 11.4 Å². The van der Waals surface area contributed by atoms with Crippen LogP contribution in [0.15, 0.2) is 53.7 Å². The highest BCUT2D eigenvalue weighted by Gasteiger charge is 2.22. The van der Waals surface area contributed by atoms with E-state index in [1.54, 1.807) is 7.11 Å². The van der Waals surface area contributed by atoms with Gasteiger partial charge in [0, 0.05) is 30.0 Å². The van der Waals surface area contributed by atoms with E-state index in [0.29, 0.717) is 23.2 Å². The van der Waals surface area contributed by atoms with Crippen LogP contribution in [-0.2, 0) is 16.1 Å². The number of methoxy groups -OCH3 is 1. The molecule has 2 aromatic carbocycles.